The standard InChI is InChI=1S/C50H32N2OS/c1-3-14-33(15-4-1)51(34-16-5-2-6-17-34)35-18-13-19-36(30-35)52(38-27-29-48-45(32-38)40-21-10-12-25-47(40)54-48)37-26-28-42-44(31-37)39-20-7-8-22-41(39)49-43-23-9-11-24-46(43)53-50(42)49/h1-32H. The van der Waals surface area contributed by atoms with Crippen molar-refractivity contribution in [1.82, 2.24) is 0 Å². The highest BCUT2D eigenvalue weighted by molar-refractivity contribution is 7.25. The monoisotopic (exact) mass is 708 g/mol. The van der Waals surface area contributed by atoms with Gasteiger partial charge in [-0.25, -0.2) is 0 Å². The first-order valence-electron chi connectivity index (χ1n) is 18.3. The Balaban J connectivity index is 1.17. The highest BCUT2D eigenvalue weighted by atomic mass is 32.1. The van der Waals surface area contributed by atoms with Crippen molar-refractivity contribution in [3.8, 4) is 0 Å². The predicted octanol–water partition coefficient (Wildman–Crippen LogP) is 15.2. The van der Waals surface area contributed by atoms with Gasteiger partial charge in [0.15, 0.2) is 0 Å². The molecule has 0 unspecified atom stereocenters. The van der Waals surface area contributed by atoms with E-state index in [2.05, 4.69) is 198 Å². The van der Waals surface area contributed by atoms with Gasteiger partial charge in [0.2, 0.25) is 0 Å². The molecule has 11 aromatic rings. The fourth-order valence-electron chi connectivity index (χ4n) is 8.20. The number of furan rings is 1. The van der Waals surface area contributed by atoms with Gasteiger partial charge in [-0.05, 0) is 107 Å². The highest BCUT2D eigenvalue weighted by Crippen LogP contribution is 2.46. The number of para-hydroxylation sites is 3. The zero-order valence-electron chi connectivity index (χ0n) is 29.2. The van der Waals surface area contributed by atoms with E-state index in [0.717, 1.165) is 61.4 Å². The maximum absolute atomic E-state index is 6.63. The van der Waals surface area contributed by atoms with Gasteiger partial charge in [0.05, 0.1) is 0 Å². The van der Waals surface area contributed by atoms with Crippen LogP contribution >= 0.6 is 11.3 Å². The number of hydrogen-bond acceptors (Lipinski definition) is 4. The molecule has 0 aliphatic carbocycles. The van der Waals surface area contributed by atoms with Gasteiger partial charge >= 0.3 is 0 Å². The number of hydrogen-bond donors (Lipinski definition) is 0. The second kappa shape index (κ2) is 12.4. The topological polar surface area (TPSA) is 19.6 Å². The zero-order valence-corrected chi connectivity index (χ0v) is 30.0. The summed E-state index contributed by atoms with van der Waals surface area (Å²) in [6, 6.07) is 69.7. The Labute approximate surface area is 316 Å². The lowest BCUT2D eigenvalue weighted by Crippen LogP contribution is -2.13. The van der Waals surface area contributed by atoms with Crippen LogP contribution < -0.4 is 9.80 Å². The predicted molar refractivity (Wildman–Crippen MR) is 231 cm³/mol. The molecule has 0 saturated heterocycles. The van der Waals surface area contributed by atoms with E-state index in [1.165, 1.54) is 36.3 Å². The van der Waals surface area contributed by atoms with E-state index in [1.54, 1.807) is 0 Å². The number of anilines is 6. The van der Waals surface area contributed by atoms with Crippen LogP contribution in [0.25, 0.3) is 63.7 Å². The average molecular weight is 709 g/mol. The Bertz CT molecular complexity index is 3140. The summed E-state index contributed by atoms with van der Waals surface area (Å²) < 4.78 is 9.21. The van der Waals surface area contributed by atoms with Crippen LogP contribution in [0.5, 0.6) is 0 Å². The van der Waals surface area contributed by atoms with Crippen molar-refractivity contribution in [1.29, 1.82) is 0 Å². The average Bonchev–Trinajstić information content (AvgIpc) is 3.81. The van der Waals surface area contributed by atoms with Gasteiger partial charge in [-0.1, -0.05) is 103 Å². The normalized spacial score (nSPS) is 11.7. The van der Waals surface area contributed by atoms with E-state index < -0.39 is 0 Å². The fourth-order valence-corrected chi connectivity index (χ4v) is 9.29. The summed E-state index contributed by atoms with van der Waals surface area (Å²) >= 11 is 1.85. The molecule has 0 saturated carbocycles. The minimum atomic E-state index is 0.908. The van der Waals surface area contributed by atoms with Crippen LogP contribution in [0, 0.1) is 0 Å². The Hall–Kier alpha value is -6.88. The molecule has 0 N–H and O–H groups in total. The summed E-state index contributed by atoms with van der Waals surface area (Å²) in [5.74, 6) is 0. The molecule has 4 heteroatoms. The van der Waals surface area contributed by atoms with Gasteiger partial charge in [0, 0.05) is 70.5 Å². The lowest BCUT2D eigenvalue weighted by molar-refractivity contribution is 0.673. The summed E-state index contributed by atoms with van der Waals surface area (Å²) in [5.41, 5.74) is 8.36. The Morgan fingerprint density at radius 2 is 0.833 bits per heavy atom. The van der Waals surface area contributed by atoms with Crippen molar-refractivity contribution in [2.75, 3.05) is 9.80 Å². The van der Waals surface area contributed by atoms with Gasteiger partial charge in [0.1, 0.15) is 11.2 Å². The van der Waals surface area contributed by atoms with E-state index in [0.29, 0.717) is 0 Å². The van der Waals surface area contributed by atoms with Crippen LogP contribution in [0.3, 0.4) is 0 Å². The lowest BCUT2D eigenvalue weighted by Gasteiger charge is -2.29. The first-order valence-corrected chi connectivity index (χ1v) is 19.1. The fraction of sp³-hybridized carbons (Fsp3) is 0. The van der Waals surface area contributed by atoms with Crippen molar-refractivity contribution < 1.29 is 4.42 Å². The molecule has 3 nitrogen and oxygen atoms in total. The number of fused-ring (bicyclic) bond motifs is 11. The third-order valence-electron chi connectivity index (χ3n) is 10.6. The van der Waals surface area contributed by atoms with Crippen molar-refractivity contribution in [2.45, 2.75) is 0 Å². The lowest BCUT2D eigenvalue weighted by atomic mass is 9.96. The molecule has 0 amide bonds. The molecule has 0 atom stereocenters. The molecular weight excluding hydrogens is 677 g/mol. The summed E-state index contributed by atoms with van der Waals surface area (Å²) in [5, 5.41) is 9.53. The van der Waals surface area contributed by atoms with E-state index in [4.69, 9.17) is 4.42 Å². The first kappa shape index (κ1) is 30.7. The quantitative estimate of drug-likeness (QED) is 0.160. The SMILES string of the molecule is c1ccc(N(c2ccccc2)c2cccc(N(c3ccc4sc5ccccc5c4c3)c3ccc4c(c3)c3ccccc3c3c5ccccc5oc43)c2)cc1. The van der Waals surface area contributed by atoms with Crippen LogP contribution in [0.4, 0.5) is 34.1 Å². The molecule has 0 radical (unpaired) electrons. The van der Waals surface area contributed by atoms with E-state index in [1.807, 2.05) is 17.4 Å². The van der Waals surface area contributed by atoms with Gasteiger partial charge in [-0.3, -0.25) is 0 Å². The summed E-state index contributed by atoms with van der Waals surface area (Å²) in [6.07, 6.45) is 0. The Kier molecular flexibility index (Phi) is 7.04. The van der Waals surface area contributed by atoms with Gasteiger partial charge in [-0.2, -0.15) is 0 Å². The van der Waals surface area contributed by atoms with Crippen molar-refractivity contribution in [2.24, 2.45) is 0 Å². The Morgan fingerprint density at radius 3 is 1.57 bits per heavy atom. The summed E-state index contributed by atoms with van der Waals surface area (Å²) in [6.45, 7) is 0. The van der Waals surface area contributed by atoms with Gasteiger partial charge in [-0.15, -0.1) is 11.3 Å². The van der Waals surface area contributed by atoms with Gasteiger partial charge in [0.25, 0.3) is 0 Å². The maximum Gasteiger partial charge on any atom is 0.143 e. The molecule has 0 fully saturated rings. The molecule has 11 rings (SSSR count). The van der Waals surface area contributed by atoms with Crippen LogP contribution in [0.15, 0.2) is 199 Å². The molecule has 54 heavy (non-hydrogen) atoms. The molecule has 2 heterocycles. The number of nitrogens with zero attached hydrogens (tertiary/aromatic N) is 2. The summed E-state index contributed by atoms with van der Waals surface area (Å²) in [7, 11) is 0. The molecule has 0 bridgehead atoms. The van der Waals surface area contributed by atoms with Crippen LogP contribution in [-0.4, -0.2) is 0 Å². The highest BCUT2D eigenvalue weighted by Gasteiger charge is 2.21. The molecule has 254 valence electrons. The molecule has 0 aliphatic heterocycles. The summed E-state index contributed by atoms with van der Waals surface area (Å²) in [4.78, 5) is 4.73. The molecular formula is C50H32N2OS. The van der Waals surface area contributed by atoms with E-state index in [-0.39, 0.29) is 0 Å². The molecule has 9 aromatic carbocycles. The van der Waals surface area contributed by atoms with Gasteiger partial charge < -0.3 is 14.2 Å². The van der Waals surface area contributed by atoms with Crippen LogP contribution in [0.2, 0.25) is 0 Å². The second-order valence-electron chi connectivity index (χ2n) is 13.7. The zero-order chi connectivity index (χ0) is 35.6. The van der Waals surface area contributed by atoms with E-state index in [9.17, 15) is 0 Å². The maximum atomic E-state index is 6.63. The van der Waals surface area contributed by atoms with Crippen LogP contribution in [0.1, 0.15) is 0 Å². The van der Waals surface area contributed by atoms with Crippen molar-refractivity contribution >= 4 is 109 Å². The number of thiophene rings is 1. The largest absolute Gasteiger partial charge is 0.455 e. The Morgan fingerprint density at radius 1 is 0.315 bits per heavy atom. The minimum absolute atomic E-state index is 0.908. The molecule has 0 spiro atoms. The van der Waals surface area contributed by atoms with Crippen molar-refractivity contribution in [3.63, 3.8) is 0 Å². The minimum Gasteiger partial charge on any atom is -0.455 e. The smallest absolute Gasteiger partial charge is 0.143 e. The van der Waals surface area contributed by atoms with E-state index >= 15 is 0 Å². The molecule has 2 aromatic heterocycles. The molecule has 0 aliphatic rings. The third-order valence-corrected chi connectivity index (χ3v) is 11.7. The number of rotatable bonds is 6. The third kappa shape index (κ3) is 4.88. The number of benzene rings is 9. The second-order valence-corrected chi connectivity index (χ2v) is 14.8. The van der Waals surface area contributed by atoms with Crippen molar-refractivity contribution in [3.05, 3.63) is 194 Å². The first-order chi connectivity index (χ1) is 26.8. The van der Waals surface area contributed by atoms with Crippen LogP contribution in [-0.2, 0) is 0 Å².